The third-order valence-corrected chi connectivity index (χ3v) is 4.29. The highest BCUT2D eigenvalue weighted by Crippen LogP contribution is 2.18. The molecule has 0 aliphatic heterocycles. The number of aliphatic carboxylic acids is 1. The van der Waals surface area contributed by atoms with Crippen LogP contribution in [0.15, 0.2) is 53.5 Å². The van der Waals surface area contributed by atoms with Crippen molar-refractivity contribution in [2.75, 3.05) is 0 Å². The summed E-state index contributed by atoms with van der Waals surface area (Å²) in [6.07, 6.45) is 1.12. The second-order valence-electron chi connectivity index (χ2n) is 7.06. The maximum atomic E-state index is 12.2. The number of aryl methyl sites for hydroxylation is 1. The molecule has 0 saturated carbocycles. The van der Waals surface area contributed by atoms with E-state index in [0.717, 1.165) is 5.56 Å². The molecule has 0 aliphatic carbocycles. The summed E-state index contributed by atoms with van der Waals surface area (Å²) in [5.74, 6) is -1.24. The Labute approximate surface area is 174 Å². The summed E-state index contributed by atoms with van der Waals surface area (Å²) in [7, 11) is 0. The lowest BCUT2D eigenvalue weighted by atomic mass is 9.97. The zero-order valence-electron chi connectivity index (χ0n) is 16.7. The Kier molecular flexibility index (Phi) is 8.10. The number of carboxylic acids is 1. The number of hydrogen-bond donors (Lipinski definition) is 3. The van der Waals surface area contributed by atoms with Crippen LogP contribution in [0, 0.1) is 5.92 Å². The van der Waals surface area contributed by atoms with Gasteiger partial charge in [0.05, 0.1) is 11.3 Å². The van der Waals surface area contributed by atoms with Gasteiger partial charge in [0, 0.05) is 19.3 Å². The van der Waals surface area contributed by atoms with Crippen LogP contribution in [0.5, 0.6) is 5.75 Å². The first-order chi connectivity index (χ1) is 14.2. The normalized spacial score (nSPS) is 11.4. The largest absolute Gasteiger partial charge is 0.481 e. The molecule has 0 bridgehead atoms. The van der Waals surface area contributed by atoms with Crippen molar-refractivity contribution in [1.82, 2.24) is 0 Å². The van der Waals surface area contributed by atoms with Crippen LogP contribution in [0.3, 0.4) is 0 Å². The zero-order chi connectivity index (χ0) is 22.1. The van der Waals surface area contributed by atoms with Gasteiger partial charge in [-0.25, -0.2) is 9.79 Å². The number of carbonyl (C=O) groups excluding carboxylic acids is 2. The highest BCUT2D eigenvalue weighted by molar-refractivity contribution is 5.91. The Balaban J connectivity index is 1.85. The van der Waals surface area contributed by atoms with Gasteiger partial charge < -0.3 is 21.3 Å². The Morgan fingerprint density at radius 2 is 1.63 bits per heavy atom. The minimum Gasteiger partial charge on any atom is -0.481 e. The molecule has 0 fully saturated rings. The number of Topliss-reactive ketones (excluding diaryl/α,β-unsaturated/α-hetero) is 1. The number of ether oxygens (including phenoxy) is 1. The van der Waals surface area contributed by atoms with Crippen molar-refractivity contribution < 1.29 is 24.2 Å². The highest BCUT2D eigenvalue weighted by atomic mass is 16.5. The molecule has 5 N–H and O–H groups in total. The minimum absolute atomic E-state index is 0.0111. The van der Waals surface area contributed by atoms with Gasteiger partial charge >= 0.3 is 11.9 Å². The fourth-order valence-corrected chi connectivity index (χ4v) is 2.86. The van der Waals surface area contributed by atoms with Crippen LogP contribution >= 0.6 is 0 Å². The standard InChI is InChI=1S/C22H25N3O5/c1-14(13-20(27)28)12-18(26)9-2-15-3-10-19(11-4-15)30-21(29)16-5-7-17(8-6-16)25-22(23)24/h3-8,10-11,14H,2,9,12-13H2,1H3,(H,27,28)(H4,23,24,25). The minimum atomic E-state index is -0.898. The second kappa shape index (κ2) is 10.8. The second-order valence-corrected chi connectivity index (χ2v) is 7.06. The van der Waals surface area contributed by atoms with Crippen molar-refractivity contribution in [3.05, 3.63) is 59.7 Å². The smallest absolute Gasteiger partial charge is 0.343 e. The van der Waals surface area contributed by atoms with Crippen LogP contribution in [0.4, 0.5) is 5.69 Å². The molecular formula is C22H25N3O5. The number of nitrogens with zero attached hydrogens (tertiary/aromatic N) is 1. The lowest BCUT2D eigenvalue weighted by Crippen LogP contribution is -2.21. The summed E-state index contributed by atoms with van der Waals surface area (Å²) in [5.41, 5.74) is 12.4. The Bertz CT molecular complexity index is 917. The Morgan fingerprint density at radius 1 is 1.00 bits per heavy atom. The third-order valence-electron chi connectivity index (χ3n) is 4.29. The van der Waals surface area contributed by atoms with Crippen LogP contribution in [-0.2, 0) is 16.0 Å². The number of carbonyl (C=O) groups is 3. The number of esters is 1. The number of guanidine groups is 1. The third kappa shape index (κ3) is 7.75. The van der Waals surface area contributed by atoms with E-state index in [1.54, 1.807) is 55.5 Å². The van der Waals surface area contributed by atoms with Gasteiger partial charge in [0.2, 0.25) is 0 Å². The molecule has 0 aliphatic rings. The van der Waals surface area contributed by atoms with Gasteiger partial charge in [-0.15, -0.1) is 0 Å². The Morgan fingerprint density at radius 3 is 2.20 bits per heavy atom. The van der Waals surface area contributed by atoms with E-state index in [1.807, 2.05) is 0 Å². The van der Waals surface area contributed by atoms with E-state index in [2.05, 4.69) is 4.99 Å². The predicted octanol–water partition coefficient (Wildman–Crippen LogP) is 2.81. The first-order valence-electron chi connectivity index (χ1n) is 9.47. The van der Waals surface area contributed by atoms with E-state index in [1.165, 1.54) is 0 Å². The van der Waals surface area contributed by atoms with Crippen LogP contribution in [0.1, 0.15) is 42.1 Å². The number of hydrogen-bond acceptors (Lipinski definition) is 5. The molecule has 30 heavy (non-hydrogen) atoms. The molecule has 0 aromatic heterocycles. The molecule has 0 saturated heterocycles. The fourth-order valence-electron chi connectivity index (χ4n) is 2.86. The number of rotatable bonds is 10. The molecule has 0 radical (unpaired) electrons. The van der Waals surface area contributed by atoms with Gasteiger partial charge in [0.25, 0.3) is 0 Å². The van der Waals surface area contributed by atoms with Gasteiger partial charge in [-0.3, -0.25) is 9.59 Å². The summed E-state index contributed by atoms with van der Waals surface area (Å²) in [4.78, 5) is 38.8. The lowest BCUT2D eigenvalue weighted by molar-refractivity contribution is -0.138. The number of nitrogens with two attached hydrogens (primary N) is 2. The van der Waals surface area contributed by atoms with Crippen molar-refractivity contribution in [3.8, 4) is 5.75 Å². The van der Waals surface area contributed by atoms with Crippen molar-refractivity contribution in [2.24, 2.45) is 22.4 Å². The molecule has 0 heterocycles. The average molecular weight is 411 g/mol. The van der Waals surface area contributed by atoms with E-state index in [0.29, 0.717) is 29.8 Å². The summed E-state index contributed by atoms with van der Waals surface area (Å²) >= 11 is 0. The molecular weight excluding hydrogens is 386 g/mol. The van der Waals surface area contributed by atoms with Gasteiger partial charge in [0.15, 0.2) is 5.96 Å². The number of carboxylic acid groups (broad SMARTS) is 1. The summed E-state index contributed by atoms with van der Waals surface area (Å²) < 4.78 is 5.34. The molecule has 1 unspecified atom stereocenters. The SMILES string of the molecule is CC(CC(=O)O)CC(=O)CCc1ccc(OC(=O)c2ccc(N=C(N)N)cc2)cc1. The van der Waals surface area contributed by atoms with E-state index in [4.69, 9.17) is 21.3 Å². The topological polar surface area (TPSA) is 145 Å². The van der Waals surface area contributed by atoms with Crippen LogP contribution < -0.4 is 16.2 Å². The van der Waals surface area contributed by atoms with Crippen LogP contribution in [0.2, 0.25) is 0 Å². The first kappa shape index (κ1) is 22.6. The van der Waals surface area contributed by atoms with Crippen molar-refractivity contribution in [2.45, 2.75) is 32.6 Å². The van der Waals surface area contributed by atoms with Crippen LogP contribution in [-0.4, -0.2) is 28.8 Å². The van der Waals surface area contributed by atoms with Crippen molar-refractivity contribution in [1.29, 1.82) is 0 Å². The molecule has 2 rings (SSSR count). The molecule has 2 aromatic carbocycles. The number of ketones is 1. The molecule has 2 aromatic rings. The molecule has 0 spiro atoms. The van der Waals surface area contributed by atoms with Crippen molar-refractivity contribution >= 4 is 29.4 Å². The molecule has 158 valence electrons. The molecule has 8 nitrogen and oxygen atoms in total. The van der Waals surface area contributed by atoms with Gasteiger partial charge in [-0.05, 0) is 54.3 Å². The highest BCUT2D eigenvalue weighted by Gasteiger charge is 2.13. The molecule has 0 amide bonds. The quantitative estimate of drug-likeness (QED) is 0.236. The maximum Gasteiger partial charge on any atom is 0.343 e. The van der Waals surface area contributed by atoms with E-state index >= 15 is 0 Å². The lowest BCUT2D eigenvalue weighted by Gasteiger charge is -2.08. The Hall–Kier alpha value is -3.68. The summed E-state index contributed by atoms with van der Waals surface area (Å²) in [6.45, 7) is 1.75. The van der Waals surface area contributed by atoms with E-state index in [-0.39, 0.29) is 30.5 Å². The van der Waals surface area contributed by atoms with Gasteiger partial charge in [-0.1, -0.05) is 19.1 Å². The monoisotopic (exact) mass is 411 g/mol. The summed E-state index contributed by atoms with van der Waals surface area (Å²) in [6, 6.07) is 13.3. The predicted molar refractivity (Wildman–Crippen MR) is 113 cm³/mol. The molecule has 1 atom stereocenters. The summed E-state index contributed by atoms with van der Waals surface area (Å²) in [5, 5.41) is 8.75. The van der Waals surface area contributed by atoms with Gasteiger partial charge in [0.1, 0.15) is 11.5 Å². The number of aliphatic imine (C=N–C) groups is 1. The van der Waals surface area contributed by atoms with Gasteiger partial charge in [-0.2, -0.15) is 0 Å². The van der Waals surface area contributed by atoms with E-state index < -0.39 is 11.9 Å². The zero-order valence-corrected chi connectivity index (χ0v) is 16.7. The maximum absolute atomic E-state index is 12.2. The molecule has 8 heteroatoms. The first-order valence-corrected chi connectivity index (χ1v) is 9.47. The average Bonchev–Trinajstić information content (AvgIpc) is 2.66. The van der Waals surface area contributed by atoms with Crippen LogP contribution in [0.25, 0.3) is 0 Å². The fraction of sp³-hybridized carbons (Fsp3) is 0.273. The van der Waals surface area contributed by atoms with Crippen molar-refractivity contribution in [3.63, 3.8) is 0 Å². The van der Waals surface area contributed by atoms with E-state index in [9.17, 15) is 14.4 Å². The number of benzene rings is 2.